The largest absolute Gasteiger partial charge is 0.496 e. The first-order valence-electron chi connectivity index (χ1n) is 6.86. The van der Waals surface area contributed by atoms with Crippen LogP contribution >= 0.6 is 11.3 Å². The monoisotopic (exact) mass is 290 g/mol. The van der Waals surface area contributed by atoms with Crippen LogP contribution in [0.3, 0.4) is 0 Å². The number of methoxy groups -OCH3 is 1. The van der Waals surface area contributed by atoms with Crippen LogP contribution in [0, 0.1) is 13.8 Å². The molecule has 1 aromatic heterocycles. The van der Waals surface area contributed by atoms with E-state index in [9.17, 15) is 0 Å². The van der Waals surface area contributed by atoms with E-state index in [4.69, 9.17) is 4.74 Å². The van der Waals surface area contributed by atoms with E-state index in [1.165, 1.54) is 15.4 Å². The molecular formula is C16H22N2OS. The van der Waals surface area contributed by atoms with E-state index < -0.39 is 0 Å². The van der Waals surface area contributed by atoms with Crippen molar-refractivity contribution in [1.82, 2.24) is 10.3 Å². The number of para-hydroxylation sites is 1. The predicted molar refractivity (Wildman–Crippen MR) is 84.8 cm³/mol. The molecule has 4 heteroatoms. The lowest BCUT2D eigenvalue weighted by atomic mass is 10.0. The van der Waals surface area contributed by atoms with Crippen LogP contribution in [0.1, 0.15) is 21.1 Å². The molecule has 0 fully saturated rings. The fourth-order valence-electron chi connectivity index (χ4n) is 2.25. The Balaban J connectivity index is 2.09. The van der Waals surface area contributed by atoms with Gasteiger partial charge in [-0.3, -0.25) is 0 Å². The first-order valence-corrected chi connectivity index (χ1v) is 7.67. The molecule has 1 aromatic carbocycles. The molecule has 0 radical (unpaired) electrons. The number of thiazole rings is 1. The second-order valence-corrected chi connectivity index (χ2v) is 6.24. The van der Waals surface area contributed by atoms with Crippen molar-refractivity contribution in [2.24, 2.45) is 0 Å². The molecule has 1 heterocycles. The quantitative estimate of drug-likeness (QED) is 0.887. The molecule has 1 N–H and O–H groups in total. The number of likely N-dealkylation sites (N-methyl/N-ethyl adjacent to an activating group) is 1. The van der Waals surface area contributed by atoms with Gasteiger partial charge in [0.2, 0.25) is 0 Å². The maximum Gasteiger partial charge on any atom is 0.122 e. The summed E-state index contributed by atoms with van der Waals surface area (Å²) in [7, 11) is 3.73. The summed E-state index contributed by atoms with van der Waals surface area (Å²) in [4.78, 5) is 5.94. The number of benzene rings is 1. The molecule has 0 saturated carbocycles. The van der Waals surface area contributed by atoms with Gasteiger partial charge in [0, 0.05) is 17.3 Å². The number of hydrogen-bond acceptors (Lipinski definition) is 4. The molecule has 0 amide bonds. The SMILES string of the molecule is CNC(Cc1nc(C)c(C)s1)Cc1ccccc1OC. The van der Waals surface area contributed by atoms with Crippen molar-refractivity contribution in [3.05, 3.63) is 45.4 Å². The Kier molecular flexibility index (Phi) is 5.15. The molecule has 3 nitrogen and oxygen atoms in total. The van der Waals surface area contributed by atoms with E-state index in [0.29, 0.717) is 6.04 Å². The van der Waals surface area contributed by atoms with Crippen molar-refractivity contribution in [2.45, 2.75) is 32.7 Å². The molecular weight excluding hydrogens is 268 g/mol. The lowest BCUT2D eigenvalue weighted by Gasteiger charge is -2.16. The number of hydrogen-bond donors (Lipinski definition) is 1. The number of rotatable bonds is 6. The summed E-state index contributed by atoms with van der Waals surface area (Å²) in [6.45, 7) is 4.20. The third kappa shape index (κ3) is 3.58. The second-order valence-electron chi connectivity index (χ2n) is 4.95. The zero-order valence-corrected chi connectivity index (χ0v) is 13.4. The van der Waals surface area contributed by atoms with E-state index in [1.54, 1.807) is 18.4 Å². The van der Waals surface area contributed by atoms with Gasteiger partial charge in [-0.1, -0.05) is 18.2 Å². The van der Waals surface area contributed by atoms with Crippen LogP contribution in [0.2, 0.25) is 0 Å². The van der Waals surface area contributed by atoms with Crippen LogP contribution in [-0.2, 0) is 12.8 Å². The third-order valence-electron chi connectivity index (χ3n) is 3.56. The van der Waals surface area contributed by atoms with Crippen LogP contribution in [0.25, 0.3) is 0 Å². The van der Waals surface area contributed by atoms with Crippen LogP contribution in [0.4, 0.5) is 0 Å². The van der Waals surface area contributed by atoms with E-state index in [1.807, 2.05) is 19.2 Å². The fraction of sp³-hybridized carbons (Fsp3) is 0.438. The van der Waals surface area contributed by atoms with Gasteiger partial charge >= 0.3 is 0 Å². The van der Waals surface area contributed by atoms with E-state index in [0.717, 1.165) is 24.3 Å². The Morgan fingerprint density at radius 1 is 1.25 bits per heavy atom. The zero-order chi connectivity index (χ0) is 14.5. The normalized spacial score (nSPS) is 12.4. The molecule has 1 unspecified atom stereocenters. The summed E-state index contributed by atoms with van der Waals surface area (Å²) in [5, 5.41) is 4.59. The summed E-state index contributed by atoms with van der Waals surface area (Å²) in [6, 6.07) is 8.57. The summed E-state index contributed by atoms with van der Waals surface area (Å²) in [5.41, 5.74) is 2.39. The van der Waals surface area contributed by atoms with Crippen molar-refractivity contribution >= 4 is 11.3 Å². The first-order chi connectivity index (χ1) is 9.63. The van der Waals surface area contributed by atoms with Gasteiger partial charge in [0.1, 0.15) is 5.75 Å². The highest BCUT2D eigenvalue weighted by Gasteiger charge is 2.14. The average molecular weight is 290 g/mol. The molecule has 108 valence electrons. The van der Waals surface area contributed by atoms with E-state index in [2.05, 4.69) is 36.3 Å². The third-order valence-corrected chi connectivity index (χ3v) is 4.66. The standard InChI is InChI=1S/C16H22N2OS/c1-11-12(2)20-16(18-11)10-14(17-3)9-13-7-5-6-8-15(13)19-4/h5-8,14,17H,9-10H2,1-4H3. The number of nitrogens with one attached hydrogen (secondary N) is 1. The highest BCUT2D eigenvalue weighted by molar-refractivity contribution is 7.11. The summed E-state index contributed by atoms with van der Waals surface area (Å²) in [6.07, 6.45) is 1.89. The molecule has 0 spiro atoms. The smallest absolute Gasteiger partial charge is 0.122 e. The Labute approximate surface area is 125 Å². The lowest BCUT2D eigenvalue weighted by molar-refractivity contribution is 0.406. The molecule has 0 aliphatic heterocycles. The molecule has 0 bridgehead atoms. The van der Waals surface area contributed by atoms with Gasteiger partial charge in [-0.25, -0.2) is 4.98 Å². The molecule has 1 atom stereocenters. The Morgan fingerprint density at radius 2 is 2.00 bits per heavy atom. The highest BCUT2D eigenvalue weighted by atomic mass is 32.1. The van der Waals surface area contributed by atoms with Gasteiger partial charge in [-0.2, -0.15) is 0 Å². The first kappa shape index (κ1) is 15.0. The van der Waals surface area contributed by atoms with Crippen molar-refractivity contribution in [2.75, 3.05) is 14.2 Å². The van der Waals surface area contributed by atoms with Crippen LogP contribution in [-0.4, -0.2) is 25.2 Å². The second kappa shape index (κ2) is 6.86. The average Bonchev–Trinajstić information content (AvgIpc) is 2.77. The predicted octanol–water partition coefficient (Wildman–Crippen LogP) is 3.14. The van der Waals surface area contributed by atoms with Crippen LogP contribution < -0.4 is 10.1 Å². The maximum atomic E-state index is 5.42. The summed E-state index contributed by atoms with van der Waals surface area (Å²) in [5.74, 6) is 0.958. The van der Waals surface area contributed by atoms with Crippen LogP contribution in [0.15, 0.2) is 24.3 Å². The van der Waals surface area contributed by atoms with Gasteiger partial charge in [0.25, 0.3) is 0 Å². The van der Waals surface area contributed by atoms with Crippen molar-refractivity contribution in [1.29, 1.82) is 0 Å². The fourth-order valence-corrected chi connectivity index (χ4v) is 3.26. The van der Waals surface area contributed by atoms with Gasteiger partial charge in [0.15, 0.2) is 0 Å². The number of aromatic nitrogens is 1. The number of ether oxygens (including phenoxy) is 1. The molecule has 0 aliphatic carbocycles. The minimum absolute atomic E-state index is 0.372. The van der Waals surface area contributed by atoms with Crippen molar-refractivity contribution < 1.29 is 4.74 Å². The van der Waals surface area contributed by atoms with Gasteiger partial charge in [-0.05, 0) is 38.9 Å². The molecule has 2 rings (SSSR count). The molecule has 20 heavy (non-hydrogen) atoms. The maximum absolute atomic E-state index is 5.42. The van der Waals surface area contributed by atoms with E-state index in [-0.39, 0.29) is 0 Å². The van der Waals surface area contributed by atoms with Crippen molar-refractivity contribution in [3.63, 3.8) is 0 Å². The lowest BCUT2D eigenvalue weighted by Crippen LogP contribution is -2.30. The number of nitrogens with zero attached hydrogens (tertiary/aromatic N) is 1. The zero-order valence-electron chi connectivity index (χ0n) is 12.6. The van der Waals surface area contributed by atoms with Crippen molar-refractivity contribution in [3.8, 4) is 5.75 Å². The molecule has 0 aliphatic rings. The minimum atomic E-state index is 0.372. The van der Waals surface area contributed by atoms with Gasteiger partial charge < -0.3 is 10.1 Å². The molecule has 0 saturated heterocycles. The van der Waals surface area contributed by atoms with Gasteiger partial charge in [0.05, 0.1) is 17.8 Å². The summed E-state index contributed by atoms with van der Waals surface area (Å²) >= 11 is 1.80. The van der Waals surface area contributed by atoms with E-state index >= 15 is 0 Å². The molecule has 2 aromatic rings. The minimum Gasteiger partial charge on any atom is -0.496 e. The Morgan fingerprint density at radius 3 is 2.60 bits per heavy atom. The Bertz CT molecular complexity index is 546. The topological polar surface area (TPSA) is 34.2 Å². The number of aryl methyl sites for hydroxylation is 2. The highest BCUT2D eigenvalue weighted by Crippen LogP contribution is 2.22. The van der Waals surface area contributed by atoms with Crippen LogP contribution in [0.5, 0.6) is 5.75 Å². The Hall–Kier alpha value is -1.39. The summed E-state index contributed by atoms with van der Waals surface area (Å²) < 4.78 is 5.42. The van der Waals surface area contributed by atoms with Gasteiger partial charge in [-0.15, -0.1) is 11.3 Å².